The number of hydrogen-bond donors (Lipinski definition) is 2. The predicted molar refractivity (Wildman–Crippen MR) is 137 cm³/mol. The molecule has 0 heterocycles. The van der Waals surface area contributed by atoms with Gasteiger partial charge in [0.15, 0.2) is 23.0 Å². The Balaban J connectivity index is 1.54. The fourth-order valence-electron chi connectivity index (χ4n) is 3.16. The normalized spacial score (nSPS) is 10.5. The Hall–Kier alpha value is -4.86. The molecule has 37 heavy (non-hydrogen) atoms. The number of nitrogens with zero attached hydrogens (tertiary/aromatic N) is 1. The molecule has 0 spiro atoms. The highest BCUT2D eigenvalue weighted by atomic mass is 16.6. The first-order valence-corrected chi connectivity index (χ1v) is 11.1. The van der Waals surface area contributed by atoms with Gasteiger partial charge in [-0.2, -0.15) is 5.10 Å². The Morgan fingerprint density at radius 1 is 0.784 bits per heavy atom. The number of ether oxygens (including phenoxy) is 4. The van der Waals surface area contributed by atoms with E-state index in [0.717, 1.165) is 5.56 Å². The average molecular weight is 506 g/mol. The van der Waals surface area contributed by atoms with Crippen LogP contribution >= 0.6 is 0 Å². The lowest BCUT2D eigenvalue weighted by Gasteiger charge is -2.10. The number of esters is 1. The third-order valence-electron chi connectivity index (χ3n) is 5.14. The number of methoxy groups -OCH3 is 3. The molecule has 3 rings (SSSR count). The summed E-state index contributed by atoms with van der Waals surface area (Å²) in [7, 11) is 4.41. The van der Waals surface area contributed by atoms with Gasteiger partial charge in [0.25, 0.3) is 11.8 Å². The van der Waals surface area contributed by atoms with Crippen molar-refractivity contribution in [1.29, 1.82) is 0 Å². The Bertz CT molecular complexity index is 1300. The Labute approximate surface area is 214 Å². The minimum Gasteiger partial charge on any atom is -0.493 e. The number of hydrogen-bond acceptors (Lipinski definition) is 8. The van der Waals surface area contributed by atoms with E-state index in [-0.39, 0.29) is 12.3 Å². The quantitative estimate of drug-likeness (QED) is 0.188. The van der Waals surface area contributed by atoms with Crippen LogP contribution in [0.3, 0.4) is 0 Å². The molecule has 0 fully saturated rings. The maximum Gasteiger partial charge on any atom is 0.343 e. The minimum atomic E-state index is -0.527. The summed E-state index contributed by atoms with van der Waals surface area (Å²) < 4.78 is 21.1. The van der Waals surface area contributed by atoms with E-state index >= 15 is 0 Å². The summed E-state index contributed by atoms with van der Waals surface area (Å²) in [5.74, 6) is -0.0516. The van der Waals surface area contributed by atoms with E-state index in [1.54, 1.807) is 42.5 Å². The lowest BCUT2D eigenvalue weighted by atomic mass is 10.1. The van der Waals surface area contributed by atoms with Crippen LogP contribution < -0.4 is 29.7 Å². The number of aryl methyl sites for hydroxylation is 1. The van der Waals surface area contributed by atoms with Crippen LogP contribution in [0.1, 0.15) is 31.8 Å². The van der Waals surface area contributed by atoms with Crippen molar-refractivity contribution >= 4 is 24.0 Å². The first-order valence-electron chi connectivity index (χ1n) is 11.1. The summed E-state index contributed by atoms with van der Waals surface area (Å²) in [6.45, 7) is 1.64. The molecule has 10 nitrogen and oxygen atoms in total. The molecular weight excluding hydrogens is 478 g/mol. The number of benzene rings is 3. The largest absolute Gasteiger partial charge is 0.493 e. The fourth-order valence-corrected chi connectivity index (χ4v) is 3.16. The van der Waals surface area contributed by atoms with E-state index in [4.69, 9.17) is 18.9 Å². The Morgan fingerprint density at radius 3 is 2.08 bits per heavy atom. The van der Waals surface area contributed by atoms with Gasteiger partial charge in [-0.3, -0.25) is 9.59 Å². The lowest BCUT2D eigenvalue weighted by molar-refractivity contribution is -0.120. The number of carbonyl (C=O) groups excluding carboxylic acids is 3. The zero-order chi connectivity index (χ0) is 26.8. The van der Waals surface area contributed by atoms with Crippen molar-refractivity contribution in [1.82, 2.24) is 10.7 Å². The van der Waals surface area contributed by atoms with Crippen LogP contribution in [0.15, 0.2) is 65.8 Å². The number of carbonyl (C=O) groups is 3. The van der Waals surface area contributed by atoms with Crippen molar-refractivity contribution in [2.45, 2.75) is 6.92 Å². The summed E-state index contributed by atoms with van der Waals surface area (Å²) in [4.78, 5) is 36.8. The van der Waals surface area contributed by atoms with Crippen LogP contribution in [0.4, 0.5) is 0 Å². The van der Waals surface area contributed by atoms with Gasteiger partial charge in [0.2, 0.25) is 0 Å². The second-order valence-electron chi connectivity index (χ2n) is 7.71. The van der Waals surface area contributed by atoms with Crippen LogP contribution in [0.5, 0.6) is 23.0 Å². The zero-order valence-corrected chi connectivity index (χ0v) is 20.9. The molecule has 10 heteroatoms. The summed E-state index contributed by atoms with van der Waals surface area (Å²) >= 11 is 0. The van der Waals surface area contributed by atoms with Gasteiger partial charge in [-0.05, 0) is 61.0 Å². The van der Waals surface area contributed by atoms with Crippen molar-refractivity contribution in [3.63, 3.8) is 0 Å². The topological polar surface area (TPSA) is 125 Å². The molecule has 0 aliphatic heterocycles. The number of nitrogens with one attached hydrogen (secondary N) is 2. The third kappa shape index (κ3) is 7.31. The van der Waals surface area contributed by atoms with Gasteiger partial charge in [0, 0.05) is 5.56 Å². The van der Waals surface area contributed by atoms with Gasteiger partial charge in [0.05, 0.1) is 39.7 Å². The number of amides is 2. The summed E-state index contributed by atoms with van der Waals surface area (Å²) in [6, 6.07) is 16.5. The summed E-state index contributed by atoms with van der Waals surface area (Å²) in [6.07, 6.45) is 1.39. The molecule has 0 radical (unpaired) electrons. The van der Waals surface area contributed by atoms with Gasteiger partial charge >= 0.3 is 5.97 Å². The van der Waals surface area contributed by atoms with Crippen molar-refractivity contribution in [2.24, 2.45) is 5.10 Å². The molecule has 2 N–H and O–H groups in total. The third-order valence-corrected chi connectivity index (χ3v) is 5.14. The molecule has 3 aromatic carbocycles. The Kier molecular flexibility index (Phi) is 9.20. The van der Waals surface area contributed by atoms with Crippen LogP contribution in [0.2, 0.25) is 0 Å². The van der Waals surface area contributed by atoms with Crippen LogP contribution in [-0.4, -0.2) is 51.9 Å². The standard InChI is InChI=1S/C27H27N3O7/c1-17-5-8-19(9-6-17)27(33)37-22-11-7-18(13-23(22)35-3)15-29-30-25(31)16-28-26(32)20-10-12-21(34-2)24(14-20)36-4/h5-15H,16H2,1-4H3,(H,28,32)(H,30,31)/b29-15-. The second kappa shape index (κ2) is 12.7. The molecule has 0 bridgehead atoms. The molecule has 0 aliphatic rings. The second-order valence-corrected chi connectivity index (χ2v) is 7.71. The molecule has 0 unspecified atom stereocenters. The average Bonchev–Trinajstić information content (AvgIpc) is 2.92. The van der Waals surface area contributed by atoms with E-state index < -0.39 is 17.8 Å². The van der Waals surface area contributed by atoms with Crippen molar-refractivity contribution in [2.75, 3.05) is 27.9 Å². The molecule has 192 valence electrons. The maximum absolute atomic E-state index is 12.4. The highest BCUT2D eigenvalue weighted by Gasteiger charge is 2.14. The predicted octanol–water partition coefficient (Wildman–Crippen LogP) is 3.12. The first-order chi connectivity index (χ1) is 17.8. The van der Waals surface area contributed by atoms with Crippen LogP contribution in [0, 0.1) is 6.92 Å². The van der Waals surface area contributed by atoms with E-state index in [1.165, 1.54) is 33.6 Å². The molecule has 0 aromatic heterocycles. The van der Waals surface area contributed by atoms with Crippen molar-refractivity contribution in [3.05, 3.63) is 82.9 Å². The molecule has 0 atom stereocenters. The smallest absolute Gasteiger partial charge is 0.343 e. The number of hydrazone groups is 1. The monoisotopic (exact) mass is 505 g/mol. The molecule has 0 aliphatic carbocycles. The van der Waals surface area contributed by atoms with Gasteiger partial charge in [-0.1, -0.05) is 17.7 Å². The van der Waals surface area contributed by atoms with Gasteiger partial charge < -0.3 is 24.3 Å². The highest BCUT2D eigenvalue weighted by Crippen LogP contribution is 2.29. The summed E-state index contributed by atoms with van der Waals surface area (Å²) in [5, 5.41) is 6.40. The first kappa shape index (κ1) is 26.7. The molecular formula is C27H27N3O7. The maximum atomic E-state index is 12.4. The lowest BCUT2D eigenvalue weighted by Crippen LogP contribution is -2.34. The van der Waals surface area contributed by atoms with E-state index in [9.17, 15) is 14.4 Å². The van der Waals surface area contributed by atoms with Crippen LogP contribution in [-0.2, 0) is 4.79 Å². The van der Waals surface area contributed by atoms with Crippen molar-refractivity contribution < 1.29 is 33.3 Å². The van der Waals surface area contributed by atoms with Crippen molar-refractivity contribution in [3.8, 4) is 23.0 Å². The van der Waals surface area contributed by atoms with E-state index in [1.807, 2.05) is 19.1 Å². The Morgan fingerprint density at radius 2 is 1.41 bits per heavy atom. The SMILES string of the molecule is COc1ccc(C(=O)NCC(=O)N/N=C\c2ccc(OC(=O)c3ccc(C)cc3)c(OC)c2)cc1OC. The highest BCUT2D eigenvalue weighted by molar-refractivity contribution is 5.97. The summed E-state index contributed by atoms with van der Waals surface area (Å²) in [5.41, 5.74) is 4.68. The molecule has 0 saturated heterocycles. The van der Waals surface area contributed by atoms with Gasteiger partial charge in [-0.15, -0.1) is 0 Å². The van der Waals surface area contributed by atoms with E-state index in [2.05, 4.69) is 15.8 Å². The van der Waals surface area contributed by atoms with E-state index in [0.29, 0.717) is 33.9 Å². The van der Waals surface area contributed by atoms with Gasteiger partial charge in [0.1, 0.15) is 0 Å². The van der Waals surface area contributed by atoms with Crippen LogP contribution in [0.25, 0.3) is 0 Å². The fraction of sp³-hybridized carbons (Fsp3) is 0.185. The molecule has 2 amide bonds. The minimum absolute atomic E-state index is 0.243. The molecule has 0 saturated carbocycles. The zero-order valence-electron chi connectivity index (χ0n) is 20.9. The van der Waals surface area contributed by atoms with Gasteiger partial charge in [-0.25, -0.2) is 10.2 Å². The molecule has 3 aromatic rings. The number of rotatable bonds is 10.